The van der Waals surface area contributed by atoms with Crippen LogP contribution in [0.1, 0.15) is 34.6 Å². The third-order valence-corrected chi connectivity index (χ3v) is 3.20. The number of hydrogen-bond acceptors (Lipinski definition) is 2. The van der Waals surface area contributed by atoms with Crippen molar-refractivity contribution in [3.05, 3.63) is 29.1 Å². The summed E-state index contributed by atoms with van der Waals surface area (Å²) in [6.45, 7) is 0. The number of aromatic nitrogens is 3. The van der Waals surface area contributed by atoms with Gasteiger partial charge in [-0.25, -0.2) is 4.79 Å². The highest BCUT2D eigenvalue weighted by Crippen LogP contribution is 2.26. The van der Waals surface area contributed by atoms with Crippen molar-refractivity contribution < 1.29 is 9.90 Å². The van der Waals surface area contributed by atoms with Crippen LogP contribution in [0.2, 0.25) is 0 Å². The molecule has 1 aliphatic carbocycles. The highest BCUT2D eigenvalue weighted by Gasteiger charge is 2.16. The van der Waals surface area contributed by atoms with Crippen LogP contribution in [-0.2, 0) is 12.8 Å². The summed E-state index contributed by atoms with van der Waals surface area (Å²) in [5.41, 5.74) is 4.29. The van der Waals surface area contributed by atoms with Gasteiger partial charge in [0.25, 0.3) is 0 Å². The Hall–Kier alpha value is -2.04. The second-order valence-electron chi connectivity index (χ2n) is 4.37. The van der Waals surface area contributed by atoms with Crippen LogP contribution in [0.15, 0.2) is 12.1 Å². The highest BCUT2D eigenvalue weighted by molar-refractivity contribution is 5.86. The fraction of sp³-hybridized carbons (Fsp3) is 0.333. The van der Waals surface area contributed by atoms with Crippen LogP contribution in [0.3, 0.4) is 0 Å². The van der Waals surface area contributed by atoms with Crippen molar-refractivity contribution in [3.63, 3.8) is 0 Å². The van der Waals surface area contributed by atoms with E-state index in [0.717, 1.165) is 18.5 Å². The quantitative estimate of drug-likeness (QED) is 0.739. The summed E-state index contributed by atoms with van der Waals surface area (Å²) in [7, 11) is 0. The van der Waals surface area contributed by atoms with Gasteiger partial charge in [0, 0.05) is 11.8 Å². The molecule has 2 aromatic rings. The Morgan fingerprint density at radius 1 is 1.29 bits per heavy atom. The number of hydrogen-bond donors (Lipinski definition) is 3. The van der Waals surface area contributed by atoms with Gasteiger partial charge in [-0.15, -0.1) is 0 Å². The number of nitrogens with zero attached hydrogens (tertiary/aromatic N) is 1. The monoisotopic (exact) mass is 231 g/mol. The molecular weight excluding hydrogens is 218 g/mol. The van der Waals surface area contributed by atoms with Crippen molar-refractivity contribution in [2.24, 2.45) is 0 Å². The van der Waals surface area contributed by atoms with Crippen LogP contribution < -0.4 is 0 Å². The first-order valence-electron chi connectivity index (χ1n) is 5.74. The molecule has 0 fully saturated rings. The second kappa shape index (κ2) is 3.76. The number of H-pyrrole nitrogens is 2. The molecule has 2 heterocycles. The predicted molar refractivity (Wildman–Crippen MR) is 62.0 cm³/mol. The summed E-state index contributed by atoms with van der Waals surface area (Å²) in [6.07, 6.45) is 4.62. The average molecular weight is 231 g/mol. The van der Waals surface area contributed by atoms with Crippen LogP contribution in [0.4, 0.5) is 0 Å². The Morgan fingerprint density at radius 2 is 2.12 bits per heavy atom. The smallest absolute Gasteiger partial charge is 0.353 e. The molecule has 0 aliphatic heterocycles. The van der Waals surface area contributed by atoms with Crippen LogP contribution in [0, 0.1) is 0 Å². The average Bonchev–Trinajstić information content (AvgIpc) is 2.95. The highest BCUT2D eigenvalue weighted by atomic mass is 16.4. The lowest BCUT2D eigenvalue weighted by Gasteiger charge is -2.08. The van der Waals surface area contributed by atoms with E-state index in [4.69, 9.17) is 5.11 Å². The van der Waals surface area contributed by atoms with E-state index in [2.05, 4.69) is 21.2 Å². The molecule has 88 valence electrons. The first-order valence-corrected chi connectivity index (χ1v) is 5.74. The van der Waals surface area contributed by atoms with Crippen LogP contribution in [0.5, 0.6) is 0 Å². The Kier molecular flexibility index (Phi) is 2.24. The van der Waals surface area contributed by atoms with Gasteiger partial charge in [0.1, 0.15) is 11.4 Å². The van der Waals surface area contributed by atoms with E-state index < -0.39 is 5.97 Å². The van der Waals surface area contributed by atoms with Gasteiger partial charge in [-0.3, -0.25) is 5.10 Å². The van der Waals surface area contributed by atoms with E-state index in [1.807, 2.05) is 0 Å². The molecule has 0 spiro atoms. The molecular formula is C12H13N3O2. The molecule has 5 nitrogen and oxygen atoms in total. The van der Waals surface area contributed by atoms with Gasteiger partial charge in [0.2, 0.25) is 0 Å². The standard InChI is InChI=1S/C12H13N3O2/c16-12(17)11-6-10(14-15-11)9-5-7-3-1-2-4-8(7)13-9/h5-6,13H,1-4H2,(H,14,15)(H,16,17). The molecule has 2 aromatic heterocycles. The molecule has 5 heteroatoms. The van der Waals surface area contributed by atoms with Gasteiger partial charge >= 0.3 is 5.97 Å². The maximum Gasteiger partial charge on any atom is 0.353 e. The molecule has 1 aliphatic rings. The second-order valence-corrected chi connectivity index (χ2v) is 4.37. The number of aryl methyl sites for hydroxylation is 2. The van der Waals surface area contributed by atoms with Crippen LogP contribution in [0.25, 0.3) is 11.4 Å². The number of aromatic amines is 2. The Labute approximate surface area is 97.9 Å². The van der Waals surface area contributed by atoms with E-state index in [0.29, 0.717) is 5.69 Å². The van der Waals surface area contributed by atoms with E-state index in [-0.39, 0.29) is 5.69 Å². The predicted octanol–water partition coefficient (Wildman–Crippen LogP) is 1.98. The normalized spacial score (nSPS) is 14.6. The number of carboxylic acids is 1. The SMILES string of the molecule is O=C(O)c1cc(-c2cc3c([nH]2)CCCC3)n[nH]1. The zero-order valence-corrected chi connectivity index (χ0v) is 9.29. The molecule has 0 bridgehead atoms. The van der Waals surface area contributed by atoms with Crippen molar-refractivity contribution in [1.82, 2.24) is 15.2 Å². The first kappa shape index (κ1) is 10.1. The van der Waals surface area contributed by atoms with Gasteiger partial charge in [0.15, 0.2) is 0 Å². The van der Waals surface area contributed by atoms with Crippen molar-refractivity contribution in [3.8, 4) is 11.4 Å². The summed E-state index contributed by atoms with van der Waals surface area (Å²) >= 11 is 0. The zero-order chi connectivity index (χ0) is 11.8. The summed E-state index contributed by atoms with van der Waals surface area (Å²) < 4.78 is 0. The fourth-order valence-electron chi connectivity index (χ4n) is 2.31. The van der Waals surface area contributed by atoms with Gasteiger partial charge in [0.05, 0.1) is 5.69 Å². The lowest BCUT2D eigenvalue weighted by Crippen LogP contribution is -1.99. The van der Waals surface area contributed by atoms with Gasteiger partial charge in [-0.05, 0) is 37.3 Å². The van der Waals surface area contributed by atoms with Gasteiger partial charge < -0.3 is 10.1 Å². The lowest BCUT2D eigenvalue weighted by atomic mass is 9.98. The van der Waals surface area contributed by atoms with E-state index in [1.165, 1.54) is 24.1 Å². The maximum atomic E-state index is 10.8. The topological polar surface area (TPSA) is 81.8 Å². The van der Waals surface area contributed by atoms with E-state index in [9.17, 15) is 4.79 Å². The minimum atomic E-state index is -0.986. The minimum Gasteiger partial charge on any atom is -0.477 e. The Morgan fingerprint density at radius 3 is 2.82 bits per heavy atom. The summed E-state index contributed by atoms with van der Waals surface area (Å²) in [6, 6.07) is 3.63. The summed E-state index contributed by atoms with van der Waals surface area (Å²) in [5.74, 6) is -0.986. The fourth-order valence-corrected chi connectivity index (χ4v) is 2.31. The molecule has 17 heavy (non-hydrogen) atoms. The van der Waals surface area contributed by atoms with Crippen LogP contribution >= 0.6 is 0 Å². The van der Waals surface area contributed by atoms with Crippen molar-refractivity contribution in [2.75, 3.05) is 0 Å². The minimum absolute atomic E-state index is 0.118. The molecule has 0 unspecified atom stereocenters. The lowest BCUT2D eigenvalue weighted by molar-refractivity contribution is 0.0690. The number of nitrogens with one attached hydrogen (secondary N) is 2. The van der Waals surface area contributed by atoms with Crippen LogP contribution in [-0.4, -0.2) is 26.3 Å². The van der Waals surface area contributed by atoms with Crippen molar-refractivity contribution in [1.29, 1.82) is 0 Å². The number of fused-ring (bicyclic) bond motifs is 1. The van der Waals surface area contributed by atoms with Crippen molar-refractivity contribution >= 4 is 5.97 Å². The molecule has 0 saturated carbocycles. The summed E-state index contributed by atoms with van der Waals surface area (Å²) in [5, 5.41) is 15.4. The van der Waals surface area contributed by atoms with Crippen molar-refractivity contribution in [2.45, 2.75) is 25.7 Å². The third kappa shape index (κ3) is 1.73. The summed E-state index contributed by atoms with van der Waals surface area (Å²) in [4.78, 5) is 14.1. The number of aromatic carboxylic acids is 1. The van der Waals surface area contributed by atoms with E-state index in [1.54, 1.807) is 6.07 Å². The van der Waals surface area contributed by atoms with E-state index >= 15 is 0 Å². The van der Waals surface area contributed by atoms with Gasteiger partial charge in [-0.2, -0.15) is 5.10 Å². The number of rotatable bonds is 2. The Bertz CT molecular complexity index is 545. The molecule has 3 rings (SSSR count). The number of carboxylic acid groups (broad SMARTS) is 1. The number of carbonyl (C=O) groups is 1. The molecule has 0 saturated heterocycles. The molecule has 0 atom stereocenters. The maximum absolute atomic E-state index is 10.8. The molecule has 0 aromatic carbocycles. The zero-order valence-electron chi connectivity index (χ0n) is 9.29. The molecule has 0 radical (unpaired) electrons. The molecule has 0 amide bonds. The molecule has 3 N–H and O–H groups in total. The Balaban J connectivity index is 1.97. The largest absolute Gasteiger partial charge is 0.477 e. The van der Waals surface area contributed by atoms with Gasteiger partial charge in [-0.1, -0.05) is 0 Å². The third-order valence-electron chi connectivity index (χ3n) is 3.20. The first-order chi connectivity index (χ1) is 8.24.